The van der Waals surface area contributed by atoms with Crippen LogP contribution in [-0.4, -0.2) is 42.6 Å². The summed E-state index contributed by atoms with van der Waals surface area (Å²) in [4.78, 5) is 26.1. The number of nitrogens with two attached hydrogens (primary N) is 1. The van der Waals surface area contributed by atoms with Crippen LogP contribution in [0.5, 0.6) is 0 Å². The van der Waals surface area contributed by atoms with Crippen molar-refractivity contribution in [2.24, 2.45) is 0 Å². The number of ether oxygens (including phenoxy) is 1. The van der Waals surface area contributed by atoms with Gasteiger partial charge in [0.05, 0.1) is 12.5 Å². The monoisotopic (exact) mass is 335 g/mol. The summed E-state index contributed by atoms with van der Waals surface area (Å²) in [7, 11) is 0.638. The molecule has 0 saturated carbocycles. The van der Waals surface area contributed by atoms with E-state index in [0.717, 1.165) is 0 Å². The summed E-state index contributed by atoms with van der Waals surface area (Å²) >= 11 is 0. The Kier molecular flexibility index (Phi) is 6.80. The molecule has 24 heavy (non-hydrogen) atoms. The normalized spacial score (nSPS) is 12.4. The van der Waals surface area contributed by atoms with E-state index in [2.05, 4.69) is 5.23 Å². The largest absolute Gasteiger partial charge is 0.460 e. The highest BCUT2D eigenvalue weighted by Crippen LogP contribution is 2.18. The number of likely N-dealkylation sites (N-methyl/N-ethyl adjacent to an activating group) is 1. The van der Waals surface area contributed by atoms with E-state index in [9.17, 15) is 14.6 Å². The summed E-state index contributed by atoms with van der Waals surface area (Å²) < 4.78 is 5.25. The molecule has 0 aliphatic carbocycles. The van der Waals surface area contributed by atoms with Crippen LogP contribution in [-0.2, 0) is 14.3 Å². The fourth-order valence-electron chi connectivity index (χ4n) is 2.15. The number of esters is 1. The average molecular weight is 335 g/mol. The van der Waals surface area contributed by atoms with E-state index >= 15 is 0 Å². The average Bonchev–Trinajstić information content (AvgIpc) is 2.42. The van der Waals surface area contributed by atoms with Gasteiger partial charge < -0.3 is 25.6 Å². The molecule has 0 fully saturated rings. The van der Waals surface area contributed by atoms with Crippen molar-refractivity contribution in [1.29, 1.82) is 0 Å². The van der Waals surface area contributed by atoms with Crippen LogP contribution < -0.4 is 15.9 Å². The number of hydrogen-bond acceptors (Lipinski definition) is 6. The van der Waals surface area contributed by atoms with Gasteiger partial charge in [-0.15, -0.1) is 0 Å². The zero-order valence-electron chi connectivity index (χ0n) is 14.9. The van der Waals surface area contributed by atoms with Crippen LogP contribution in [0.4, 0.5) is 11.4 Å². The van der Waals surface area contributed by atoms with Crippen LogP contribution in [0, 0.1) is 0 Å². The summed E-state index contributed by atoms with van der Waals surface area (Å²) in [5.74, 6) is -0.887. The van der Waals surface area contributed by atoms with Gasteiger partial charge in [0, 0.05) is 18.4 Å². The molecule has 0 radical (unpaired) electrons. The molecule has 132 valence electrons. The number of carbonyl (C=O) groups excluding carboxylic acids is 2. The molecule has 0 bridgehead atoms. The van der Waals surface area contributed by atoms with Crippen molar-refractivity contribution in [1.82, 2.24) is 5.23 Å². The Hall–Kier alpha value is -2.06. The fourth-order valence-corrected chi connectivity index (χ4v) is 2.15. The zero-order valence-corrected chi connectivity index (χ0v) is 14.9. The summed E-state index contributed by atoms with van der Waals surface area (Å²) in [6.45, 7) is 6.74. The van der Waals surface area contributed by atoms with Crippen molar-refractivity contribution < 1.29 is 19.3 Å². The number of benzene rings is 1. The first-order chi connectivity index (χ1) is 11.0. The lowest BCUT2D eigenvalue weighted by Gasteiger charge is -2.26. The molecule has 0 spiro atoms. The minimum absolute atomic E-state index is 0.187. The van der Waals surface area contributed by atoms with Crippen LogP contribution in [0.1, 0.15) is 27.2 Å². The summed E-state index contributed by atoms with van der Waals surface area (Å²) in [6, 6.07) is 5.94. The van der Waals surface area contributed by atoms with E-state index in [1.165, 1.54) is 11.7 Å². The second-order valence-electron chi connectivity index (χ2n) is 6.68. The molecule has 8 heteroatoms. The zero-order chi connectivity index (χ0) is 18.5. The van der Waals surface area contributed by atoms with Gasteiger partial charge in [0.15, 0.2) is 0 Å². The van der Waals surface area contributed by atoms with Crippen LogP contribution in [0.25, 0.3) is 0 Å². The molecule has 0 heterocycles. The maximum Gasteiger partial charge on any atom is 0.374 e. The van der Waals surface area contributed by atoms with E-state index in [0.29, 0.717) is 11.4 Å². The minimum Gasteiger partial charge on any atom is -0.460 e. The third kappa shape index (κ3) is 6.60. The SMILES string of the molecule is CB(O)N[C@H](CC(=O)OC(C)(C)C)C(=O)N(C)c1cccc(N)c1. The number of nitrogens with one attached hydrogen (secondary N) is 1. The van der Waals surface area contributed by atoms with Crippen molar-refractivity contribution in [3.05, 3.63) is 24.3 Å². The van der Waals surface area contributed by atoms with E-state index < -0.39 is 24.7 Å². The Morgan fingerprint density at radius 2 is 2.04 bits per heavy atom. The number of rotatable bonds is 6. The Balaban J connectivity index is 2.90. The van der Waals surface area contributed by atoms with Crippen LogP contribution in [0.2, 0.25) is 6.82 Å². The van der Waals surface area contributed by atoms with Crippen molar-refractivity contribution in [3.8, 4) is 0 Å². The third-order valence-corrected chi connectivity index (χ3v) is 3.12. The molecule has 1 amide bonds. The van der Waals surface area contributed by atoms with Crippen molar-refractivity contribution in [3.63, 3.8) is 0 Å². The standard InChI is InChI=1S/C16H26BN3O4/c1-16(2,3)24-14(21)10-13(19-17(4)23)15(22)20(5)12-8-6-7-11(18)9-12/h6-9,13,19,23H,10,18H2,1-5H3/t13-/m1/s1. The second-order valence-corrected chi connectivity index (χ2v) is 6.68. The Morgan fingerprint density at radius 1 is 1.42 bits per heavy atom. The molecule has 7 nitrogen and oxygen atoms in total. The van der Waals surface area contributed by atoms with Crippen LogP contribution in [0.15, 0.2) is 24.3 Å². The van der Waals surface area contributed by atoms with Gasteiger partial charge in [-0.25, -0.2) is 0 Å². The molecular weight excluding hydrogens is 309 g/mol. The molecule has 4 N–H and O–H groups in total. The molecular formula is C16H26BN3O4. The van der Waals surface area contributed by atoms with E-state index in [1.54, 1.807) is 52.1 Å². The number of nitrogen functional groups attached to an aromatic ring is 1. The van der Waals surface area contributed by atoms with Gasteiger partial charge >= 0.3 is 13.0 Å². The summed E-state index contributed by atoms with van der Waals surface area (Å²) in [6.07, 6.45) is -0.187. The molecule has 1 aromatic carbocycles. The Bertz CT molecular complexity index is 587. The minimum atomic E-state index is -0.948. The molecule has 0 unspecified atom stereocenters. The molecule has 1 rings (SSSR count). The van der Waals surface area contributed by atoms with Crippen molar-refractivity contribution in [2.45, 2.75) is 45.7 Å². The summed E-state index contributed by atoms with van der Waals surface area (Å²) in [5.41, 5.74) is 6.22. The second kappa shape index (κ2) is 8.16. The molecule has 0 aliphatic heterocycles. The van der Waals surface area contributed by atoms with Crippen molar-refractivity contribution in [2.75, 3.05) is 17.7 Å². The first-order valence-electron chi connectivity index (χ1n) is 7.78. The fraction of sp³-hybridized carbons (Fsp3) is 0.500. The Labute approximate surface area is 143 Å². The lowest BCUT2D eigenvalue weighted by molar-refractivity contribution is -0.156. The number of amides is 1. The molecule has 0 saturated heterocycles. The van der Waals surface area contributed by atoms with Gasteiger partial charge in [-0.2, -0.15) is 0 Å². The predicted octanol–water partition coefficient (Wildman–Crippen LogP) is 1.03. The maximum atomic E-state index is 12.7. The first-order valence-corrected chi connectivity index (χ1v) is 7.78. The Morgan fingerprint density at radius 3 is 2.54 bits per heavy atom. The lowest BCUT2D eigenvalue weighted by Crippen LogP contribution is -2.51. The van der Waals surface area contributed by atoms with Gasteiger partial charge in [0.25, 0.3) is 0 Å². The van der Waals surface area contributed by atoms with Gasteiger partial charge in [-0.3, -0.25) is 9.59 Å². The molecule has 0 aromatic heterocycles. The van der Waals surface area contributed by atoms with Crippen LogP contribution in [0.3, 0.4) is 0 Å². The predicted molar refractivity (Wildman–Crippen MR) is 95.5 cm³/mol. The summed E-state index contributed by atoms with van der Waals surface area (Å²) in [5, 5.41) is 12.3. The quantitative estimate of drug-likeness (QED) is 0.407. The smallest absolute Gasteiger partial charge is 0.374 e. The first kappa shape index (κ1) is 20.0. The number of hydrogen-bond donors (Lipinski definition) is 3. The maximum absolute atomic E-state index is 12.7. The highest BCUT2D eigenvalue weighted by Gasteiger charge is 2.29. The third-order valence-electron chi connectivity index (χ3n) is 3.12. The number of nitrogens with zero attached hydrogens (tertiary/aromatic N) is 1. The van der Waals surface area contributed by atoms with E-state index in [1.807, 2.05) is 0 Å². The van der Waals surface area contributed by atoms with Gasteiger partial charge in [-0.1, -0.05) is 6.07 Å². The highest BCUT2D eigenvalue weighted by molar-refractivity contribution is 6.46. The number of anilines is 2. The topological polar surface area (TPSA) is 105 Å². The lowest BCUT2D eigenvalue weighted by atomic mass is 9.86. The molecule has 1 atom stereocenters. The van der Waals surface area contributed by atoms with Gasteiger partial charge in [0.1, 0.15) is 5.60 Å². The highest BCUT2D eigenvalue weighted by atomic mass is 16.6. The van der Waals surface area contributed by atoms with Crippen LogP contribution >= 0.6 is 0 Å². The molecule has 1 aromatic rings. The van der Waals surface area contributed by atoms with Crippen molar-refractivity contribution >= 4 is 30.3 Å². The van der Waals surface area contributed by atoms with Gasteiger partial charge in [0.2, 0.25) is 5.91 Å². The van der Waals surface area contributed by atoms with E-state index in [-0.39, 0.29) is 12.3 Å². The molecule has 0 aliphatic rings. The number of carbonyl (C=O) groups is 2. The van der Waals surface area contributed by atoms with Gasteiger partial charge in [-0.05, 0) is 45.8 Å². The van der Waals surface area contributed by atoms with E-state index in [4.69, 9.17) is 10.5 Å².